The molecule has 3 saturated heterocycles. The van der Waals surface area contributed by atoms with E-state index in [0.717, 1.165) is 12.7 Å². The fourth-order valence-electron chi connectivity index (χ4n) is 7.38. The van der Waals surface area contributed by atoms with Gasteiger partial charge < -0.3 is 10.1 Å². The van der Waals surface area contributed by atoms with Gasteiger partial charge in [-0.05, 0) is 80.1 Å². The van der Waals surface area contributed by atoms with Crippen molar-refractivity contribution in [3.05, 3.63) is 65.1 Å². The molecule has 0 atom stereocenters. The van der Waals surface area contributed by atoms with Crippen LogP contribution in [0.5, 0.6) is 5.88 Å². The Morgan fingerprint density at radius 1 is 1.02 bits per heavy atom. The Balaban J connectivity index is 0.948. The second-order valence-electron chi connectivity index (χ2n) is 13.7. The van der Waals surface area contributed by atoms with Gasteiger partial charge in [-0.1, -0.05) is 12.1 Å². The lowest BCUT2D eigenvalue weighted by molar-refractivity contribution is -0.139. The van der Waals surface area contributed by atoms with E-state index in [1.807, 2.05) is 6.07 Å². The van der Waals surface area contributed by atoms with Gasteiger partial charge in [-0.3, -0.25) is 24.6 Å². The maximum absolute atomic E-state index is 15.6. The molecule has 4 aromatic rings. The van der Waals surface area contributed by atoms with Gasteiger partial charge in [-0.15, -0.1) is 0 Å². The number of rotatable bonds is 9. The number of fused-ring (bicyclic) bond motifs is 1. The Bertz CT molecular complexity index is 2180. The monoisotopic (exact) mass is 773 g/mol. The van der Waals surface area contributed by atoms with E-state index in [9.17, 15) is 31.2 Å². The number of hydrogen-bond donors (Lipinski definition) is 2. The van der Waals surface area contributed by atoms with Crippen LogP contribution < -0.4 is 20.3 Å². The molecule has 288 valence electrons. The minimum atomic E-state index is -4.66. The fraction of sp³-hybridized carbons (Fsp3) is 0.457. The minimum Gasteiger partial charge on any atom is -0.480 e. The second kappa shape index (κ2) is 14.7. The van der Waals surface area contributed by atoms with Gasteiger partial charge in [0.05, 0.1) is 17.5 Å². The first-order chi connectivity index (χ1) is 25.7. The standard InChI is InChI=1S/C35H39F4N9O5S/c1-45-29-18-25(28(36)17-26(29)31(44-45)48-15-10-30(49)42-34(48)50)22-6-11-46(12-7-22)20-21-4-3-5-24(16-21)54(51,52)47-13-8-23(9-14-47)41-33-40-19-27(35(37,38)39)32(43-33)53-2/h3-5,16-19,22-23H,6-15,20H2,1-2H3,(H,40,41,43)(H,42,49,50). The summed E-state index contributed by atoms with van der Waals surface area (Å²) in [5.41, 5.74) is 1.01. The summed E-state index contributed by atoms with van der Waals surface area (Å²) in [5, 5.41) is 10.2. The zero-order chi connectivity index (χ0) is 38.4. The van der Waals surface area contributed by atoms with Crippen molar-refractivity contribution in [2.45, 2.75) is 61.7 Å². The van der Waals surface area contributed by atoms with Crippen LogP contribution in [0, 0.1) is 5.82 Å². The van der Waals surface area contributed by atoms with Crippen molar-refractivity contribution in [1.82, 2.24) is 34.3 Å². The molecule has 14 nitrogen and oxygen atoms in total. The summed E-state index contributed by atoms with van der Waals surface area (Å²) >= 11 is 0. The summed E-state index contributed by atoms with van der Waals surface area (Å²) in [7, 11) is -0.986. The highest BCUT2D eigenvalue weighted by atomic mass is 32.2. The number of ether oxygens (including phenoxy) is 1. The predicted molar refractivity (Wildman–Crippen MR) is 189 cm³/mol. The first kappa shape index (κ1) is 37.4. The highest BCUT2D eigenvalue weighted by molar-refractivity contribution is 7.89. The molecular formula is C35H39F4N9O5S. The fourth-order valence-corrected chi connectivity index (χ4v) is 8.92. The van der Waals surface area contributed by atoms with Gasteiger partial charge in [0.2, 0.25) is 27.8 Å². The van der Waals surface area contributed by atoms with Crippen LogP contribution in [0.4, 0.5) is 34.1 Å². The zero-order valence-electron chi connectivity index (χ0n) is 29.6. The summed E-state index contributed by atoms with van der Waals surface area (Å²) in [5.74, 6) is -1.11. The van der Waals surface area contributed by atoms with Crippen molar-refractivity contribution in [1.29, 1.82) is 0 Å². The molecule has 19 heteroatoms. The summed E-state index contributed by atoms with van der Waals surface area (Å²) in [4.78, 5) is 35.4. The molecule has 7 rings (SSSR count). The van der Waals surface area contributed by atoms with E-state index in [1.54, 1.807) is 36.0 Å². The number of amides is 3. The lowest BCUT2D eigenvalue weighted by Gasteiger charge is -2.33. The molecule has 2 aromatic heterocycles. The Labute approximate surface area is 308 Å². The number of methoxy groups -OCH3 is 1. The predicted octanol–water partition coefficient (Wildman–Crippen LogP) is 4.62. The van der Waals surface area contributed by atoms with Crippen LogP contribution in [0.15, 0.2) is 47.5 Å². The first-order valence-electron chi connectivity index (χ1n) is 17.5. The molecule has 3 aliphatic rings. The second-order valence-corrected chi connectivity index (χ2v) is 15.7. The molecule has 0 unspecified atom stereocenters. The molecule has 0 aliphatic carbocycles. The highest BCUT2D eigenvalue weighted by Gasteiger charge is 2.37. The molecule has 5 heterocycles. The number of nitrogens with one attached hydrogen (secondary N) is 2. The number of benzene rings is 2. The molecule has 3 fully saturated rings. The largest absolute Gasteiger partial charge is 0.480 e. The van der Waals surface area contributed by atoms with Crippen molar-refractivity contribution < 1.29 is 40.3 Å². The number of hydrogen-bond acceptors (Lipinski definition) is 10. The maximum Gasteiger partial charge on any atom is 0.423 e. The van der Waals surface area contributed by atoms with Gasteiger partial charge in [-0.25, -0.2) is 22.6 Å². The van der Waals surface area contributed by atoms with Gasteiger partial charge in [-0.2, -0.15) is 27.6 Å². The van der Waals surface area contributed by atoms with E-state index in [0.29, 0.717) is 73.8 Å². The number of nitrogens with zero attached hydrogens (tertiary/aromatic N) is 7. The van der Waals surface area contributed by atoms with Crippen molar-refractivity contribution >= 4 is 44.6 Å². The van der Waals surface area contributed by atoms with Crippen LogP contribution in [-0.4, -0.2) is 95.2 Å². The van der Waals surface area contributed by atoms with Crippen LogP contribution in [0.25, 0.3) is 10.9 Å². The molecule has 0 bridgehead atoms. The Morgan fingerprint density at radius 2 is 1.76 bits per heavy atom. The molecule has 3 amide bonds. The van der Waals surface area contributed by atoms with Gasteiger partial charge >= 0.3 is 12.2 Å². The number of aromatic nitrogens is 4. The normalized spacial score (nSPS) is 18.7. The SMILES string of the molecule is COc1nc(NC2CCN(S(=O)(=O)c3cccc(CN4CCC(c5cc6c(cc5F)c(N5CCC(=O)NC5=O)nn6C)CC4)c3)CC2)ncc1C(F)(F)F. The lowest BCUT2D eigenvalue weighted by Crippen LogP contribution is -2.49. The number of sulfonamides is 1. The van der Waals surface area contributed by atoms with E-state index in [2.05, 4.69) is 30.6 Å². The van der Waals surface area contributed by atoms with Crippen LogP contribution >= 0.6 is 0 Å². The molecule has 0 spiro atoms. The Hall–Kier alpha value is -4.88. The van der Waals surface area contributed by atoms with Crippen molar-refractivity contribution in [3.8, 4) is 5.88 Å². The summed E-state index contributed by atoms with van der Waals surface area (Å²) in [6, 6.07) is 9.22. The average Bonchev–Trinajstić information content (AvgIpc) is 3.45. The number of halogens is 4. The molecular weight excluding hydrogens is 735 g/mol. The number of carbonyl (C=O) groups excluding carboxylic acids is 2. The third kappa shape index (κ3) is 7.56. The quantitative estimate of drug-likeness (QED) is 0.231. The third-order valence-electron chi connectivity index (χ3n) is 10.3. The van der Waals surface area contributed by atoms with E-state index in [-0.39, 0.29) is 60.6 Å². The highest BCUT2D eigenvalue weighted by Crippen LogP contribution is 2.37. The summed E-state index contributed by atoms with van der Waals surface area (Å²) in [6.45, 7) is 2.43. The number of aryl methyl sites for hydroxylation is 1. The first-order valence-corrected chi connectivity index (χ1v) is 19.0. The summed E-state index contributed by atoms with van der Waals surface area (Å²) < 4.78 is 90.3. The van der Waals surface area contributed by atoms with E-state index >= 15 is 4.39 Å². The van der Waals surface area contributed by atoms with Crippen LogP contribution in [0.3, 0.4) is 0 Å². The number of likely N-dealkylation sites (tertiary alicyclic amines) is 1. The number of anilines is 2. The zero-order valence-corrected chi connectivity index (χ0v) is 30.4. The van der Waals surface area contributed by atoms with Gasteiger partial charge in [0.25, 0.3) is 0 Å². The number of piperidine rings is 2. The molecule has 3 aliphatic heterocycles. The van der Waals surface area contributed by atoms with Crippen molar-refractivity contribution in [2.75, 3.05) is 50.1 Å². The van der Waals surface area contributed by atoms with Crippen LogP contribution in [0.2, 0.25) is 0 Å². The Kier molecular flexibility index (Phi) is 10.2. The van der Waals surface area contributed by atoms with Crippen molar-refractivity contribution in [2.24, 2.45) is 7.05 Å². The van der Waals surface area contributed by atoms with Crippen molar-refractivity contribution in [3.63, 3.8) is 0 Å². The number of urea groups is 1. The number of imide groups is 1. The Morgan fingerprint density at radius 3 is 2.44 bits per heavy atom. The molecule has 0 radical (unpaired) electrons. The smallest absolute Gasteiger partial charge is 0.423 e. The lowest BCUT2D eigenvalue weighted by atomic mass is 9.88. The number of alkyl halides is 3. The minimum absolute atomic E-state index is 0.0310. The van der Waals surface area contributed by atoms with Gasteiger partial charge in [0, 0.05) is 57.3 Å². The average molecular weight is 774 g/mol. The van der Waals surface area contributed by atoms with Crippen LogP contribution in [-0.2, 0) is 34.6 Å². The van der Waals surface area contributed by atoms with E-state index < -0.39 is 33.7 Å². The van der Waals surface area contributed by atoms with E-state index in [1.165, 1.54) is 15.3 Å². The van der Waals surface area contributed by atoms with Gasteiger partial charge in [0.15, 0.2) is 5.82 Å². The maximum atomic E-state index is 15.6. The molecule has 2 aromatic carbocycles. The topological polar surface area (TPSA) is 155 Å². The summed E-state index contributed by atoms with van der Waals surface area (Å²) in [6.07, 6.45) is -1.70. The van der Waals surface area contributed by atoms with Crippen LogP contribution in [0.1, 0.15) is 54.7 Å². The van der Waals surface area contributed by atoms with Gasteiger partial charge in [0.1, 0.15) is 11.4 Å². The third-order valence-corrected chi connectivity index (χ3v) is 12.2. The molecule has 0 saturated carbocycles. The number of carbonyl (C=O) groups is 2. The van der Waals surface area contributed by atoms with E-state index in [4.69, 9.17) is 4.74 Å². The molecule has 2 N–H and O–H groups in total. The molecule has 54 heavy (non-hydrogen) atoms.